The molecule has 78 valence electrons. The molecule has 1 heterocycles. The van der Waals surface area contributed by atoms with Crippen molar-refractivity contribution in [2.75, 3.05) is 0 Å². The Labute approximate surface area is 88.6 Å². The fourth-order valence-corrected chi connectivity index (χ4v) is 2.59. The third-order valence-corrected chi connectivity index (χ3v) is 3.40. The zero-order chi connectivity index (χ0) is 10.6. The molecule has 0 spiro atoms. The minimum absolute atomic E-state index is 0.295. The molecule has 0 saturated carbocycles. The summed E-state index contributed by atoms with van der Waals surface area (Å²) in [5.41, 5.74) is 1.35. The Balaban J connectivity index is 2.31. The number of hydrogen-bond acceptors (Lipinski definition) is 2. The van der Waals surface area contributed by atoms with E-state index in [1.54, 1.807) is 0 Å². The molecule has 1 N–H and O–H groups in total. The Morgan fingerprint density at radius 3 is 2.64 bits per heavy atom. The lowest BCUT2D eigenvalue weighted by atomic mass is 10.1. The van der Waals surface area contributed by atoms with E-state index < -0.39 is 5.97 Å². The standard InChI is InChI=1S/C11H16O2S/c1-8-7-9(2)14-10(8)5-3-4-6-11(12)13/h7H,3-6H2,1-2H3,(H,12,13). The molecular weight excluding hydrogens is 196 g/mol. The predicted molar refractivity (Wildman–Crippen MR) is 59.0 cm³/mol. The van der Waals surface area contributed by atoms with Crippen molar-refractivity contribution in [2.45, 2.75) is 39.5 Å². The molecule has 2 nitrogen and oxygen atoms in total. The summed E-state index contributed by atoms with van der Waals surface area (Å²) in [4.78, 5) is 13.0. The lowest BCUT2D eigenvalue weighted by molar-refractivity contribution is -0.137. The van der Waals surface area contributed by atoms with Crippen LogP contribution in [0.4, 0.5) is 0 Å². The van der Waals surface area contributed by atoms with E-state index in [9.17, 15) is 4.79 Å². The van der Waals surface area contributed by atoms with Crippen LogP contribution < -0.4 is 0 Å². The molecule has 14 heavy (non-hydrogen) atoms. The minimum atomic E-state index is -0.691. The van der Waals surface area contributed by atoms with Gasteiger partial charge in [0.25, 0.3) is 0 Å². The molecule has 0 atom stereocenters. The van der Waals surface area contributed by atoms with Crippen LogP contribution >= 0.6 is 11.3 Å². The van der Waals surface area contributed by atoms with Crippen LogP contribution in [0.25, 0.3) is 0 Å². The average Bonchev–Trinajstić information content (AvgIpc) is 2.39. The quantitative estimate of drug-likeness (QED) is 0.761. The number of carbonyl (C=O) groups is 1. The van der Waals surface area contributed by atoms with Gasteiger partial charge in [-0.25, -0.2) is 0 Å². The summed E-state index contributed by atoms with van der Waals surface area (Å²) >= 11 is 1.83. The van der Waals surface area contributed by atoms with Crippen LogP contribution in [-0.4, -0.2) is 11.1 Å². The molecule has 0 radical (unpaired) electrons. The monoisotopic (exact) mass is 212 g/mol. The van der Waals surface area contributed by atoms with Crippen LogP contribution in [0.5, 0.6) is 0 Å². The number of carboxylic acid groups (broad SMARTS) is 1. The summed E-state index contributed by atoms with van der Waals surface area (Å²) in [7, 11) is 0. The molecule has 1 aromatic heterocycles. The minimum Gasteiger partial charge on any atom is -0.481 e. The maximum absolute atomic E-state index is 10.3. The van der Waals surface area contributed by atoms with Gasteiger partial charge in [0.05, 0.1) is 0 Å². The van der Waals surface area contributed by atoms with Crippen molar-refractivity contribution < 1.29 is 9.90 Å². The van der Waals surface area contributed by atoms with E-state index in [1.165, 1.54) is 15.3 Å². The summed E-state index contributed by atoms with van der Waals surface area (Å²) in [6.45, 7) is 4.23. The van der Waals surface area contributed by atoms with E-state index >= 15 is 0 Å². The number of aryl methyl sites for hydroxylation is 3. The second-order valence-electron chi connectivity index (χ2n) is 3.56. The van der Waals surface area contributed by atoms with Crippen molar-refractivity contribution in [3.05, 3.63) is 21.4 Å². The first-order valence-corrected chi connectivity index (χ1v) is 5.69. The Kier molecular flexibility index (Phi) is 4.14. The zero-order valence-electron chi connectivity index (χ0n) is 8.67. The molecule has 0 aliphatic heterocycles. The number of aliphatic carboxylic acids is 1. The van der Waals surface area contributed by atoms with E-state index in [4.69, 9.17) is 5.11 Å². The predicted octanol–water partition coefficient (Wildman–Crippen LogP) is 3.16. The molecule has 0 amide bonds. The van der Waals surface area contributed by atoms with E-state index in [1.807, 2.05) is 11.3 Å². The van der Waals surface area contributed by atoms with Gasteiger partial charge < -0.3 is 5.11 Å². The second kappa shape index (κ2) is 5.15. The molecular formula is C11H16O2S. The fourth-order valence-electron chi connectivity index (χ4n) is 1.50. The number of unbranched alkanes of at least 4 members (excludes halogenated alkanes) is 1. The third kappa shape index (κ3) is 3.50. The van der Waals surface area contributed by atoms with Crippen molar-refractivity contribution in [1.29, 1.82) is 0 Å². The van der Waals surface area contributed by atoms with Gasteiger partial charge in [0.15, 0.2) is 0 Å². The molecule has 0 fully saturated rings. The smallest absolute Gasteiger partial charge is 0.303 e. The number of hydrogen-bond donors (Lipinski definition) is 1. The first-order chi connectivity index (χ1) is 6.59. The third-order valence-electron chi connectivity index (χ3n) is 2.19. The van der Waals surface area contributed by atoms with Gasteiger partial charge in [0.1, 0.15) is 0 Å². The number of rotatable bonds is 5. The summed E-state index contributed by atoms with van der Waals surface area (Å²) in [5.74, 6) is -0.691. The zero-order valence-corrected chi connectivity index (χ0v) is 9.49. The summed E-state index contributed by atoms with van der Waals surface area (Å²) in [5, 5.41) is 8.47. The normalized spacial score (nSPS) is 10.4. The Hall–Kier alpha value is -0.830. The van der Waals surface area contributed by atoms with Crippen molar-refractivity contribution >= 4 is 17.3 Å². The molecule has 0 unspecified atom stereocenters. The first kappa shape index (κ1) is 11.2. The second-order valence-corrected chi connectivity index (χ2v) is 4.90. The van der Waals surface area contributed by atoms with Gasteiger partial charge in [-0.2, -0.15) is 0 Å². The Morgan fingerprint density at radius 2 is 2.14 bits per heavy atom. The van der Waals surface area contributed by atoms with Gasteiger partial charge >= 0.3 is 5.97 Å². The molecule has 0 aliphatic carbocycles. The van der Waals surface area contributed by atoms with E-state index in [0.29, 0.717) is 6.42 Å². The van der Waals surface area contributed by atoms with Crippen LogP contribution in [0.2, 0.25) is 0 Å². The lowest BCUT2D eigenvalue weighted by Crippen LogP contribution is -1.94. The maximum atomic E-state index is 10.3. The van der Waals surface area contributed by atoms with Crippen molar-refractivity contribution in [3.8, 4) is 0 Å². The molecule has 0 aromatic carbocycles. The van der Waals surface area contributed by atoms with Gasteiger partial charge in [0.2, 0.25) is 0 Å². The highest BCUT2D eigenvalue weighted by Crippen LogP contribution is 2.22. The Morgan fingerprint density at radius 1 is 1.43 bits per heavy atom. The summed E-state index contributed by atoms with van der Waals surface area (Å²) in [6.07, 6.45) is 3.08. The van der Waals surface area contributed by atoms with Crippen LogP contribution in [0.1, 0.15) is 34.6 Å². The molecule has 1 rings (SSSR count). The highest BCUT2D eigenvalue weighted by Gasteiger charge is 2.03. The molecule has 3 heteroatoms. The summed E-state index contributed by atoms with van der Waals surface area (Å²) < 4.78 is 0. The van der Waals surface area contributed by atoms with E-state index in [-0.39, 0.29) is 0 Å². The SMILES string of the molecule is Cc1cc(C)c(CCCCC(=O)O)s1. The van der Waals surface area contributed by atoms with Crippen molar-refractivity contribution in [1.82, 2.24) is 0 Å². The number of thiophene rings is 1. The highest BCUT2D eigenvalue weighted by molar-refractivity contribution is 7.12. The fraction of sp³-hybridized carbons (Fsp3) is 0.545. The number of carboxylic acids is 1. The molecule has 0 saturated heterocycles. The van der Waals surface area contributed by atoms with Gasteiger partial charge in [-0.15, -0.1) is 11.3 Å². The van der Waals surface area contributed by atoms with Gasteiger partial charge in [-0.3, -0.25) is 4.79 Å². The lowest BCUT2D eigenvalue weighted by Gasteiger charge is -1.98. The van der Waals surface area contributed by atoms with Crippen molar-refractivity contribution in [3.63, 3.8) is 0 Å². The van der Waals surface area contributed by atoms with Gasteiger partial charge in [-0.05, 0) is 44.7 Å². The van der Waals surface area contributed by atoms with E-state index in [2.05, 4.69) is 19.9 Å². The molecule has 1 aromatic rings. The maximum Gasteiger partial charge on any atom is 0.303 e. The topological polar surface area (TPSA) is 37.3 Å². The highest BCUT2D eigenvalue weighted by atomic mass is 32.1. The van der Waals surface area contributed by atoms with Crippen LogP contribution in [0.3, 0.4) is 0 Å². The van der Waals surface area contributed by atoms with Crippen molar-refractivity contribution in [2.24, 2.45) is 0 Å². The first-order valence-electron chi connectivity index (χ1n) is 4.87. The van der Waals surface area contributed by atoms with Crippen LogP contribution in [0, 0.1) is 13.8 Å². The largest absolute Gasteiger partial charge is 0.481 e. The summed E-state index contributed by atoms with van der Waals surface area (Å²) in [6, 6.07) is 2.19. The van der Waals surface area contributed by atoms with Gasteiger partial charge in [0, 0.05) is 16.2 Å². The van der Waals surface area contributed by atoms with Crippen LogP contribution in [0.15, 0.2) is 6.07 Å². The van der Waals surface area contributed by atoms with Crippen LogP contribution in [-0.2, 0) is 11.2 Å². The van der Waals surface area contributed by atoms with E-state index in [0.717, 1.165) is 19.3 Å². The Bertz CT molecular complexity index is 315. The molecule has 0 aliphatic rings. The molecule has 0 bridgehead atoms. The van der Waals surface area contributed by atoms with Gasteiger partial charge in [-0.1, -0.05) is 0 Å². The average molecular weight is 212 g/mol.